The van der Waals surface area contributed by atoms with Gasteiger partial charge >= 0.3 is 0 Å². The van der Waals surface area contributed by atoms with Gasteiger partial charge in [-0.05, 0) is 12.1 Å². The topological polar surface area (TPSA) is 167 Å². The summed E-state index contributed by atoms with van der Waals surface area (Å²) in [6.45, 7) is -0.426. The summed E-state index contributed by atoms with van der Waals surface area (Å²) in [7, 11) is 1.71. The molecule has 5 heterocycles. The van der Waals surface area contributed by atoms with Crippen molar-refractivity contribution in [3.8, 4) is 22.8 Å². The Morgan fingerprint density at radius 1 is 1.19 bits per heavy atom. The second-order valence-corrected chi connectivity index (χ2v) is 7.07. The van der Waals surface area contributed by atoms with Crippen molar-refractivity contribution in [2.24, 2.45) is 0 Å². The minimum absolute atomic E-state index is 0.337. The van der Waals surface area contributed by atoms with E-state index < -0.39 is 31.1 Å². The summed E-state index contributed by atoms with van der Waals surface area (Å²) in [5.74, 6) is 0.801. The van der Waals surface area contributed by atoms with Gasteiger partial charge in [0, 0.05) is 18.8 Å². The van der Waals surface area contributed by atoms with Crippen molar-refractivity contribution < 1.29 is 20.1 Å². The smallest absolute Gasteiger partial charge is 0.182 e. The summed E-state index contributed by atoms with van der Waals surface area (Å²) in [6, 6.07) is 5.55. The maximum atomic E-state index is 10.4. The zero-order chi connectivity index (χ0) is 21.5. The summed E-state index contributed by atoms with van der Waals surface area (Å²) in [4.78, 5) is 17.9. The number of hydrogen-bond acceptors (Lipinski definition) is 10. The minimum atomic E-state index is -1.26. The minimum Gasteiger partial charge on any atom is -0.394 e. The molecule has 12 nitrogen and oxygen atoms in total. The zero-order valence-electron chi connectivity index (χ0n) is 16.4. The van der Waals surface area contributed by atoms with Gasteiger partial charge in [-0.15, -0.1) is 0 Å². The van der Waals surface area contributed by atoms with Crippen LogP contribution in [0.2, 0.25) is 0 Å². The molecule has 0 spiro atoms. The predicted molar refractivity (Wildman–Crippen MR) is 109 cm³/mol. The first kappa shape index (κ1) is 19.5. The van der Waals surface area contributed by atoms with Crippen LogP contribution in [-0.4, -0.2) is 82.0 Å². The molecule has 0 unspecified atom stereocenters. The lowest BCUT2D eigenvalue weighted by molar-refractivity contribution is -0.0511. The van der Waals surface area contributed by atoms with Crippen molar-refractivity contribution in [2.45, 2.75) is 24.5 Å². The second kappa shape index (κ2) is 7.67. The number of anilines is 1. The van der Waals surface area contributed by atoms with Crippen LogP contribution in [0.4, 0.5) is 5.82 Å². The molecule has 12 heteroatoms. The van der Waals surface area contributed by atoms with Gasteiger partial charge in [0.25, 0.3) is 0 Å². The van der Waals surface area contributed by atoms with Gasteiger partial charge in [0.05, 0.1) is 24.8 Å². The molecule has 4 aromatic rings. The number of aromatic amines is 1. The number of rotatable bonds is 5. The van der Waals surface area contributed by atoms with E-state index >= 15 is 0 Å². The van der Waals surface area contributed by atoms with E-state index in [1.807, 2.05) is 18.2 Å². The molecular formula is C19H20N8O4. The van der Waals surface area contributed by atoms with E-state index in [0.29, 0.717) is 34.2 Å². The molecule has 0 bridgehead atoms. The van der Waals surface area contributed by atoms with E-state index in [1.165, 1.54) is 10.9 Å². The van der Waals surface area contributed by atoms with Crippen molar-refractivity contribution in [1.82, 2.24) is 34.7 Å². The highest BCUT2D eigenvalue weighted by molar-refractivity contribution is 5.86. The third-order valence-electron chi connectivity index (χ3n) is 5.25. The van der Waals surface area contributed by atoms with Gasteiger partial charge in [-0.25, -0.2) is 15.0 Å². The average molecular weight is 424 g/mol. The van der Waals surface area contributed by atoms with Gasteiger partial charge in [-0.2, -0.15) is 5.10 Å². The average Bonchev–Trinajstić information content (AvgIpc) is 3.52. The Hall–Kier alpha value is -3.45. The zero-order valence-corrected chi connectivity index (χ0v) is 16.4. The first-order valence-corrected chi connectivity index (χ1v) is 9.62. The van der Waals surface area contributed by atoms with E-state index in [2.05, 4.69) is 35.5 Å². The van der Waals surface area contributed by atoms with Gasteiger partial charge in [-0.1, -0.05) is 6.07 Å². The molecule has 160 valence electrons. The molecule has 5 N–H and O–H groups in total. The maximum absolute atomic E-state index is 10.4. The fourth-order valence-corrected chi connectivity index (χ4v) is 3.67. The number of aliphatic hydroxyl groups excluding tert-OH is 3. The highest BCUT2D eigenvalue weighted by atomic mass is 16.6. The highest BCUT2D eigenvalue weighted by Crippen LogP contribution is 2.34. The van der Waals surface area contributed by atoms with E-state index in [9.17, 15) is 15.3 Å². The Morgan fingerprint density at radius 2 is 2.06 bits per heavy atom. The van der Waals surface area contributed by atoms with Crippen LogP contribution < -0.4 is 5.32 Å². The molecule has 0 radical (unpaired) electrons. The van der Waals surface area contributed by atoms with E-state index in [-0.39, 0.29) is 0 Å². The molecule has 5 rings (SSSR count). The summed E-state index contributed by atoms with van der Waals surface area (Å²) < 4.78 is 7.16. The molecule has 1 saturated heterocycles. The Balaban J connectivity index is 1.64. The van der Waals surface area contributed by atoms with Crippen molar-refractivity contribution in [1.29, 1.82) is 0 Å². The molecular weight excluding hydrogens is 404 g/mol. The lowest BCUT2D eigenvalue weighted by Gasteiger charge is -2.17. The van der Waals surface area contributed by atoms with Crippen molar-refractivity contribution in [3.05, 3.63) is 36.9 Å². The molecule has 1 aliphatic heterocycles. The molecule has 31 heavy (non-hydrogen) atoms. The highest BCUT2D eigenvalue weighted by Gasteiger charge is 2.44. The summed E-state index contributed by atoms with van der Waals surface area (Å²) in [5, 5.41) is 40.0. The Labute approximate surface area is 175 Å². The number of pyridine rings is 1. The standard InChI is InChI=1S/C19H20N8O4/c1-20-16-13-18(27(8-22-13)19-15(30)14(29)11(7-28)31-19)25-17(24-16)12-9(6-23-26-12)10-4-2-3-5-21-10/h2-6,8,11,14-15,19,28-30H,7H2,1H3,(H,23,26)(H,20,24,25)/t11-,14-,15-,19-/m1/s1. The SMILES string of the molecule is CNc1nc(-c2[nH]ncc2-c2ccccn2)nc2c1ncn2[C@@H]1O[C@H](CO)[C@@H](O)[C@H]1O. The fourth-order valence-electron chi connectivity index (χ4n) is 3.67. The predicted octanol–water partition coefficient (Wildman–Crippen LogP) is -0.0684. The Morgan fingerprint density at radius 3 is 2.77 bits per heavy atom. The van der Waals surface area contributed by atoms with E-state index in [1.54, 1.807) is 19.4 Å². The number of H-pyrrole nitrogens is 1. The van der Waals surface area contributed by atoms with Gasteiger partial charge < -0.3 is 25.4 Å². The Kier molecular flexibility index (Phi) is 4.82. The Bertz CT molecular complexity index is 1210. The monoisotopic (exact) mass is 424 g/mol. The van der Waals surface area contributed by atoms with Crippen LogP contribution in [0.3, 0.4) is 0 Å². The number of aliphatic hydroxyl groups is 3. The lowest BCUT2D eigenvalue weighted by Crippen LogP contribution is -2.33. The molecule has 0 aromatic carbocycles. The van der Waals surface area contributed by atoms with Gasteiger partial charge in [0.1, 0.15) is 24.0 Å². The van der Waals surface area contributed by atoms with Gasteiger partial charge in [0.15, 0.2) is 29.0 Å². The van der Waals surface area contributed by atoms with Crippen molar-refractivity contribution in [3.63, 3.8) is 0 Å². The van der Waals surface area contributed by atoms with Crippen molar-refractivity contribution >= 4 is 17.0 Å². The molecule has 1 aliphatic rings. The first-order chi connectivity index (χ1) is 15.1. The number of imidazole rings is 1. The van der Waals surface area contributed by atoms with Gasteiger partial charge in [-0.3, -0.25) is 14.6 Å². The molecule has 4 atom stereocenters. The molecule has 0 aliphatic carbocycles. The van der Waals surface area contributed by atoms with Crippen LogP contribution in [0.1, 0.15) is 6.23 Å². The van der Waals surface area contributed by atoms with Crippen LogP contribution in [0.5, 0.6) is 0 Å². The first-order valence-electron chi connectivity index (χ1n) is 9.62. The van der Waals surface area contributed by atoms with E-state index in [0.717, 1.165) is 5.56 Å². The van der Waals surface area contributed by atoms with Crippen LogP contribution in [0.25, 0.3) is 33.9 Å². The van der Waals surface area contributed by atoms with Crippen LogP contribution in [0, 0.1) is 0 Å². The summed E-state index contributed by atoms with van der Waals surface area (Å²) >= 11 is 0. The van der Waals surface area contributed by atoms with Crippen LogP contribution in [0.15, 0.2) is 36.9 Å². The molecule has 0 saturated carbocycles. The molecule has 1 fully saturated rings. The quantitative estimate of drug-likeness (QED) is 0.292. The number of hydrogen-bond donors (Lipinski definition) is 5. The number of ether oxygens (including phenoxy) is 1. The van der Waals surface area contributed by atoms with Gasteiger partial charge in [0.2, 0.25) is 0 Å². The largest absolute Gasteiger partial charge is 0.394 e. The lowest BCUT2D eigenvalue weighted by atomic mass is 10.1. The van der Waals surface area contributed by atoms with E-state index in [4.69, 9.17) is 4.74 Å². The number of nitrogens with zero attached hydrogens (tertiary/aromatic N) is 6. The molecule has 0 amide bonds. The van der Waals surface area contributed by atoms with Crippen LogP contribution >= 0.6 is 0 Å². The number of fused-ring (bicyclic) bond motifs is 1. The van der Waals surface area contributed by atoms with Crippen molar-refractivity contribution in [2.75, 3.05) is 19.0 Å². The number of nitrogens with one attached hydrogen (secondary N) is 2. The fraction of sp³-hybridized carbons (Fsp3) is 0.316. The third-order valence-corrected chi connectivity index (χ3v) is 5.25. The number of aromatic nitrogens is 7. The second-order valence-electron chi connectivity index (χ2n) is 7.07. The summed E-state index contributed by atoms with van der Waals surface area (Å²) in [6.07, 6.45) is 0.409. The van der Waals surface area contributed by atoms with Crippen LogP contribution in [-0.2, 0) is 4.74 Å². The third kappa shape index (κ3) is 3.13. The maximum Gasteiger partial charge on any atom is 0.182 e. The summed E-state index contributed by atoms with van der Waals surface area (Å²) in [5.41, 5.74) is 2.83. The molecule has 4 aromatic heterocycles. The normalized spacial score (nSPS) is 23.5.